The molecule has 57 heavy (non-hydrogen) atoms. The number of aromatic amines is 1. The standard InChI is InChI=1S/C42H48N8O6S/c1-23-37(57-22-44-23)25-11-9-24(10-12-25)20-43-40(55)33-18-27(51)21-50(33)41(56)38(42(2,3)4)47-36(54)16-15-35(53)45-26-13-14-31-29(17-26)30-19-32(48-49-39(30)46-31)28-7-5-6-8-34(28)52/h5-12,19,22,26-27,33,38,51-52H,13-18,20-21H2,1-4H3,(H,43,55)(H,45,53)(H,46,49)(H,47,54)/t26-,27+,33-,38+/m0/s1. The summed E-state index contributed by atoms with van der Waals surface area (Å²) in [5, 5.41) is 39.3. The topological polar surface area (TPSA) is 203 Å². The third-order valence-electron chi connectivity index (χ3n) is 10.8. The fourth-order valence-corrected chi connectivity index (χ4v) is 8.51. The number of thiazole rings is 1. The smallest absolute Gasteiger partial charge is 0.246 e. The molecule has 5 aromatic rings. The predicted octanol–water partition coefficient (Wildman–Crippen LogP) is 4.33. The van der Waals surface area contributed by atoms with Crippen LogP contribution in [0, 0.1) is 12.3 Å². The van der Waals surface area contributed by atoms with E-state index in [4.69, 9.17) is 0 Å². The number of carbonyl (C=O) groups excluding carboxylic acids is 4. The Bertz CT molecular complexity index is 2300. The van der Waals surface area contributed by atoms with Gasteiger partial charge in [0.15, 0.2) is 5.65 Å². The molecule has 0 bridgehead atoms. The van der Waals surface area contributed by atoms with E-state index >= 15 is 0 Å². The van der Waals surface area contributed by atoms with E-state index in [1.165, 1.54) is 4.90 Å². The number of phenolic OH excluding ortho intramolecular Hbond substituents is 1. The van der Waals surface area contributed by atoms with Crippen molar-refractivity contribution in [3.8, 4) is 27.4 Å². The van der Waals surface area contributed by atoms with Crippen molar-refractivity contribution in [2.45, 2.75) is 97.0 Å². The molecule has 15 heteroatoms. The minimum absolute atomic E-state index is 0.0349. The predicted molar refractivity (Wildman–Crippen MR) is 216 cm³/mol. The van der Waals surface area contributed by atoms with E-state index < -0.39 is 35.4 Å². The van der Waals surface area contributed by atoms with Crippen molar-refractivity contribution >= 4 is 46.0 Å². The van der Waals surface area contributed by atoms with Crippen LogP contribution >= 0.6 is 11.3 Å². The number of para-hydroxylation sites is 1. The lowest BCUT2D eigenvalue weighted by atomic mass is 9.85. The van der Waals surface area contributed by atoms with E-state index in [9.17, 15) is 29.4 Å². The van der Waals surface area contributed by atoms with Gasteiger partial charge >= 0.3 is 0 Å². The Morgan fingerprint density at radius 3 is 2.51 bits per heavy atom. The van der Waals surface area contributed by atoms with E-state index in [1.54, 1.807) is 29.5 Å². The van der Waals surface area contributed by atoms with Gasteiger partial charge in [0.2, 0.25) is 23.6 Å². The normalized spacial score (nSPS) is 18.5. The van der Waals surface area contributed by atoms with E-state index in [2.05, 4.69) is 36.1 Å². The molecule has 7 rings (SSSR count). The fourth-order valence-electron chi connectivity index (χ4n) is 7.69. The van der Waals surface area contributed by atoms with Crippen LogP contribution in [0.2, 0.25) is 0 Å². The van der Waals surface area contributed by atoms with Gasteiger partial charge in [-0.3, -0.25) is 19.2 Å². The number of phenols is 1. The number of benzene rings is 2. The van der Waals surface area contributed by atoms with Gasteiger partial charge in [0.05, 0.1) is 27.9 Å². The number of carbonyl (C=O) groups is 4. The molecule has 2 aliphatic rings. The molecule has 3 aromatic heterocycles. The number of rotatable bonds is 11. The number of aromatic hydroxyl groups is 1. The second kappa shape index (κ2) is 16.4. The van der Waals surface area contributed by atoms with Gasteiger partial charge in [-0.2, -0.15) is 0 Å². The highest BCUT2D eigenvalue weighted by atomic mass is 32.1. The first-order valence-electron chi connectivity index (χ1n) is 19.2. The van der Waals surface area contributed by atoms with Gasteiger partial charge in [-0.1, -0.05) is 57.2 Å². The van der Waals surface area contributed by atoms with E-state index in [1.807, 2.05) is 69.6 Å². The summed E-state index contributed by atoms with van der Waals surface area (Å²) in [4.78, 5) is 64.0. The van der Waals surface area contributed by atoms with Crippen molar-refractivity contribution < 1.29 is 29.4 Å². The quantitative estimate of drug-likeness (QED) is 0.113. The molecular formula is C42H48N8O6S. The number of nitrogens with one attached hydrogen (secondary N) is 4. The van der Waals surface area contributed by atoms with Crippen molar-refractivity contribution in [2.24, 2.45) is 5.41 Å². The number of H-pyrrole nitrogens is 1. The van der Waals surface area contributed by atoms with Gasteiger partial charge in [-0.15, -0.1) is 21.5 Å². The first-order chi connectivity index (χ1) is 27.2. The Kier molecular flexibility index (Phi) is 11.4. The molecular weight excluding hydrogens is 745 g/mol. The van der Waals surface area contributed by atoms with Crippen LogP contribution in [-0.2, 0) is 38.6 Å². The highest BCUT2D eigenvalue weighted by Crippen LogP contribution is 2.33. The molecule has 4 heterocycles. The maximum Gasteiger partial charge on any atom is 0.246 e. The van der Waals surface area contributed by atoms with Gasteiger partial charge < -0.3 is 36.0 Å². The summed E-state index contributed by atoms with van der Waals surface area (Å²) in [7, 11) is 0. The van der Waals surface area contributed by atoms with Crippen molar-refractivity contribution in [3.63, 3.8) is 0 Å². The zero-order chi connectivity index (χ0) is 40.4. The molecule has 1 aliphatic carbocycles. The Morgan fingerprint density at radius 2 is 1.79 bits per heavy atom. The SMILES string of the molecule is Cc1ncsc1-c1ccc(CNC(=O)[C@@H]2C[C@@H](O)CN2C(=O)[C@@H](NC(=O)CCC(=O)N[C@H]2CCc3[nH]c4nnc(-c5ccccc5O)cc4c3C2)C(C)(C)C)cc1. The zero-order valence-electron chi connectivity index (χ0n) is 32.5. The van der Waals surface area contributed by atoms with Gasteiger partial charge in [0, 0.05) is 55.0 Å². The molecule has 298 valence electrons. The number of β-amino-alcohol motifs (C(OH)–C–C–N with tert-alkyl or cyclic N) is 1. The van der Waals surface area contributed by atoms with Gasteiger partial charge in [0.25, 0.3) is 0 Å². The third kappa shape index (κ3) is 8.84. The summed E-state index contributed by atoms with van der Waals surface area (Å²) >= 11 is 1.57. The Balaban J connectivity index is 0.928. The number of nitrogens with zero attached hydrogens (tertiary/aromatic N) is 4. The van der Waals surface area contributed by atoms with Crippen molar-refractivity contribution in [1.29, 1.82) is 0 Å². The molecule has 1 aliphatic heterocycles. The maximum absolute atomic E-state index is 14.0. The van der Waals surface area contributed by atoms with Crippen LogP contribution in [0.1, 0.15) is 69.0 Å². The molecule has 0 spiro atoms. The van der Waals surface area contributed by atoms with E-state index in [-0.39, 0.29) is 56.0 Å². The Morgan fingerprint density at radius 1 is 1.04 bits per heavy atom. The molecule has 0 unspecified atom stereocenters. The second-order valence-electron chi connectivity index (χ2n) is 16.0. The lowest BCUT2D eigenvalue weighted by molar-refractivity contribution is -0.144. The van der Waals surface area contributed by atoms with Gasteiger partial charge in [0.1, 0.15) is 17.8 Å². The number of aliphatic hydroxyl groups excluding tert-OH is 1. The molecule has 4 atom stereocenters. The van der Waals surface area contributed by atoms with E-state index in [0.717, 1.165) is 38.3 Å². The highest BCUT2D eigenvalue weighted by molar-refractivity contribution is 7.13. The van der Waals surface area contributed by atoms with Crippen molar-refractivity contribution in [3.05, 3.63) is 82.6 Å². The van der Waals surface area contributed by atoms with Crippen molar-refractivity contribution in [2.75, 3.05) is 6.54 Å². The molecule has 2 aromatic carbocycles. The van der Waals surface area contributed by atoms with Gasteiger partial charge in [-0.05, 0) is 66.5 Å². The summed E-state index contributed by atoms with van der Waals surface area (Å²) in [6, 6.07) is 14.6. The number of aryl methyl sites for hydroxylation is 2. The number of hydrogen-bond donors (Lipinski definition) is 6. The van der Waals surface area contributed by atoms with Crippen LogP contribution in [0.5, 0.6) is 5.75 Å². The molecule has 4 amide bonds. The van der Waals surface area contributed by atoms with Crippen LogP contribution in [0.15, 0.2) is 60.1 Å². The largest absolute Gasteiger partial charge is 0.507 e. The van der Waals surface area contributed by atoms with Crippen LogP contribution in [0.4, 0.5) is 0 Å². The van der Waals surface area contributed by atoms with Crippen LogP contribution in [0.3, 0.4) is 0 Å². The monoisotopic (exact) mass is 792 g/mol. The van der Waals surface area contributed by atoms with Gasteiger partial charge in [-0.25, -0.2) is 4.98 Å². The summed E-state index contributed by atoms with van der Waals surface area (Å²) in [6.07, 6.45) is 0.949. The number of hydrogen-bond acceptors (Lipinski definition) is 10. The number of likely N-dealkylation sites (tertiary alicyclic amines) is 1. The number of amides is 4. The summed E-state index contributed by atoms with van der Waals surface area (Å²) < 4.78 is 0. The second-order valence-corrected chi connectivity index (χ2v) is 16.9. The number of fused-ring (bicyclic) bond motifs is 3. The van der Waals surface area contributed by atoms with E-state index in [0.29, 0.717) is 36.2 Å². The summed E-state index contributed by atoms with van der Waals surface area (Å²) in [5.74, 6) is -1.48. The lowest BCUT2D eigenvalue weighted by Gasteiger charge is -2.35. The minimum atomic E-state index is -0.999. The minimum Gasteiger partial charge on any atom is -0.507 e. The van der Waals surface area contributed by atoms with Crippen LogP contribution < -0.4 is 16.0 Å². The zero-order valence-corrected chi connectivity index (χ0v) is 33.3. The number of aromatic nitrogens is 4. The van der Waals surface area contributed by atoms with Crippen LogP contribution in [0.25, 0.3) is 32.7 Å². The Hall–Kier alpha value is -5.67. The summed E-state index contributed by atoms with van der Waals surface area (Å²) in [5.41, 5.74) is 7.81. The molecule has 14 nitrogen and oxygen atoms in total. The number of aliphatic hydroxyl groups is 1. The fraction of sp³-hybridized carbons (Fsp3) is 0.405. The average molecular weight is 793 g/mol. The highest BCUT2D eigenvalue weighted by Gasteiger charge is 2.44. The van der Waals surface area contributed by atoms with Crippen molar-refractivity contribution in [1.82, 2.24) is 41.0 Å². The molecule has 0 radical (unpaired) electrons. The molecule has 1 saturated heterocycles. The Labute approximate surface area is 334 Å². The molecule has 6 N–H and O–H groups in total. The first kappa shape index (κ1) is 39.6. The lowest BCUT2D eigenvalue weighted by Crippen LogP contribution is -2.57. The summed E-state index contributed by atoms with van der Waals surface area (Å²) in [6.45, 7) is 7.63. The van der Waals surface area contributed by atoms with Crippen LogP contribution in [-0.4, -0.2) is 89.7 Å². The molecule has 0 saturated carbocycles. The third-order valence-corrected chi connectivity index (χ3v) is 11.8. The molecule has 1 fully saturated rings. The maximum atomic E-state index is 14.0. The first-order valence-corrected chi connectivity index (χ1v) is 20.1. The average Bonchev–Trinajstić information content (AvgIpc) is 3.90.